The molecule has 2 aliphatic rings. The monoisotopic (exact) mass is 494 g/mol. The zero-order valence-corrected chi connectivity index (χ0v) is 18.5. The first-order chi connectivity index (χ1) is 11.8. The summed E-state index contributed by atoms with van der Waals surface area (Å²) in [6, 6.07) is 5.24. The summed E-state index contributed by atoms with van der Waals surface area (Å²) in [6.45, 7) is 7.22. The van der Waals surface area contributed by atoms with Gasteiger partial charge in [-0.05, 0) is 60.8 Å². The first kappa shape index (κ1) is 19.8. The maximum absolute atomic E-state index is 13.2. The van der Waals surface area contributed by atoms with Gasteiger partial charge in [0.25, 0.3) is 0 Å². The molecule has 3 rings (SSSR count). The third kappa shape index (κ3) is 4.47. The number of halogens is 2. The predicted molar refractivity (Wildman–Crippen MR) is 105 cm³/mol. The van der Waals surface area contributed by atoms with Crippen molar-refractivity contribution < 1.29 is 13.2 Å². The summed E-state index contributed by atoms with van der Waals surface area (Å²) in [4.78, 5) is 2.68. The summed E-state index contributed by atoms with van der Waals surface area (Å²) < 4.78 is 35.3. The van der Waals surface area contributed by atoms with Crippen molar-refractivity contribution in [3.05, 3.63) is 27.1 Å². The molecule has 2 fully saturated rings. The average Bonchev–Trinajstić information content (AvgIpc) is 2.94. The Morgan fingerprint density at radius 2 is 1.88 bits per heavy atom. The Morgan fingerprint density at radius 1 is 1.20 bits per heavy atom. The van der Waals surface area contributed by atoms with Crippen molar-refractivity contribution >= 4 is 41.9 Å². The fraction of sp³-hybridized carbons (Fsp3) is 0.647. The number of nitrogens with zero attached hydrogens (tertiary/aromatic N) is 2. The lowest BCUT2D eigenvalue weighted by atomic mass is 10.1. The average molecular weight is 496 g/mol. The van der Waals surface area contributed by atoms with Crippen LogP contribution in [-0.2, 0) is 14.8 Å². The normalized spacial score (nSPS) is 29.2. The minimum absolute atomic E-state index is 0.0260. The number of sulfonamides is 1. The number of ether oxygens (including phenoxy) is 1. The molecular formula is C17H24Br2N2O3S. The molecule has 8 heteroatoms. The van der Waals surface area contributed by atoms with Gasteiger partial charge in [-0.1, -0.05) is 15.9 Å². The fourth-order valence-corrected chi connectivity index (χ4v) is 7.24. The van der Waals surface area contributed by atoms with E-state index in [1.165, 1.54) is 0 Å². The van der Waals surface area contributed by atoms with Crippen LogP contribution >= 0.6 is 31.9 Å². The largest absolute Gasteiger partial charge is 0.373 e. The van der Waals surface area contributed by atoms with Gasteiger partial charge in [-0.25, -0.2) is 8.42 Å². The van der Waals surface area contributed by atoms with Gasteiger partial charge in [0.05, 0.1) is 17.1 Å². The molecule has 3 atom stereocenters. The molecule has 0 N–H and O–H groups in total. The highest BCUT2D eigenvalue weighted by Gasteiger charge is 2.38. The van der Waals surface area contributed by atoms with Gasteiger partial charge < -0.3 is 4.74 Å². The third-order valence-corrected chi connectivity index (χ3v) is 8.19. The van der Waals surface area contributed by atoms with Crippen LogP contribution in [0.4, 0.5) is 0 Å². The van der Waals surface area contributed by atoms with E-state index in [1.54, 1.807) is 22.5 Å². The molecule has 0 bridgehead atoms. The van der Waals surface area contributed by atoms with Crippen LogP contribution < -0.4 is 0 Å². The first-order valence-electron chi connectivity index (χ1n) is 8.62. The molecule has 0 aliphatic carbocycles. The Morgan fingerprint density at radius 3 is 2.52 bits per heavy atom. The van der Waals surface area contributed by atoms with E-state index < -0.39 is 10.0 Å². The second-order valence-electron chi connectivity index (χ2n) is 6.96. The summed E-state index contributed by atoms with van der Waals surface area (Å²) in [5.74, 6) is 0. The van der Waals surface area contributed by atoms with Crippen molar-refractivity contribution in [2.24, 2.45) is 0 Å². The van der Waals surface area contributed by atoms with Gasteiger partial charge >= 0.3 is 0 Å². The molecule has 1 aromatic carbocycles. The van der Waals surface area contributed by atoms with Crippen LogP contribution in [0.1, 0.15) is 26.7 Å². The number of hydrogen-bond donors (Lipinski definition) is 0. The number of hydrogen-bond acceptors (Lipinski definition) is 4. The van der Waals surface area contributed by atoms with Gasteiger partial charge in [-0.2, -0.15) is 4.31 Å². The Kier molecular flexibility index (Phi) is 6.28. The van der Waals surface area contributed by atoms with Gasteiger partial charge in [0.15, 0.2) is 0 Å². The zero-order valence-electron chi connectivity index (χ0n) is 14.5. The van der Waals surface area contributed by atoms with Crippen LogP contribution in [0.5, 0.6) is 0 Å². The van der Waals surface area contributed by atoms with E-state index in [0.717, 1.165) is 36.9 Å². The fourth-order valence-electron chi connectivity index (χ4n) is 3.85. The summed E-state index contributed by atoms with van der Waals surface area (Å²) in [5.41, 5.74) is 0. The van der Waals surface area contributed by atoms with E-state index in [9.17, 15) is 8.42 Å². The number of benzene rings is 1. The number of morpholine rings is 1. The van der Waals surface area contributed by atoms with E-state index in [-0.39, 0.29) is 18.2 Å². The van der Waals surface area contributed by atoms with Gasteiger partial charge in [0, 0.05) is 41.2 Å². The topological polar surface area (TPSA) is 49.9 Å². The summed E-state index contributed by atoms with van der Waals surface area (Å²) in [5, 5.41) is 0. The van der Waals surface area contributed by atoms with Crippen LogP contribution in [0.25, 0.3) is 0 Å². The van der Waals surface area contributed by atoms with Gasteiger partial charge in [0.1, 0.15) is 0 Å². The van der Waals surface area contributed by atoms with E-state index >= 15 is 0 Å². The van der Waals surface area contributed by atoms with E-state index in [4.69, 9.17) is 4.74 Å². The van der Waals surface area contributed by atoms with E-state index in [0.29, 0.717) is 15.9 Å². The van der Waals surface area contributed by atoms with Crippen LogP contribution in [0, 0.1) is 0 Å². The Labute approximate surface area is 167 Å². The summed E-state index contributed by atoms with van der Waals surface area (Å²) in [7, 11) is -3.51. The molecule has 2 heterocycles. The van der Waals surface area contributed by atoms with Crippen molar-refractivity contribution in [1.29, 1.82) is 0 Å². The minimum Gasteiger partial charge on any atom is -0.373 e. The second kappa shape index (κ2) is 7.94. The van der Waals surface area contributed by atoms with Crippen LogP contribution in [-0.4, -0.2) is 62.1 Å². The molecule has 0 radical (unpaired) electrons. The minimum atomic E-state index is -3.51. The highest BCUT2D eigenvalue weighted by atomic mass is 79.9. The lowest BCUT2D eigenvalue weighted by Crippen LogP contribution is -2.50. The molecule has 140 valence electrons. The highest BCUT2D eigenvalue weighted by molar-refractivity contribution is 9.11. The van der Waals surface area contributed by atoms with Crippen molar-refractivity contribution in [2.45, 2.75) is 49.8 Å². The molecule has 5 nitrogen and oxygen atoms in total. The van der Waals surface area contributed by atoms with Gasteiger partial charge in [0.2, 0.25) is 10.0 Å². The standard InChI is InChI=1S/C17H24Br2N2O3S/c1-12-9-20(10-13(2)24-12)11-15-4-3-7-21(15)25(22,23)17-6-5-14(18)8-16(17)19/h5-6,8,12-13,15H,3-4,7,9-11H2,1-2H3. The van der Waals surface area contributed by atoms with Crippen LogP contribution in [0.3, 0.4) is 0 Å². The molecular weight excluding hydrogens is 472 g/mol. The number of rotatable bonds is 4. The molecule has 2 aliphatic heterocycles. The molecule has 3 unspecified atom stereocenters. The lowest BCUT2D eigenvalue weighted by Gasteiger charge is -2.38. The van der Waals surface area contributed by atoms with E-state index in [2.05, 4.69) is 50.6 Å². The van der Waals surface area contributed by atoms with Crippen LogP contribution in [0.2, 0.25) is 0 Å². The molecule has 0 aromatic heterocycles. The Bertz CT molecular complexity index is 719. The second-order valence-corrected chi connectivity index (χ2v) is 10.6. The van der Waals surface area contributed by atoms with E-state index in [1.807, 2.05) is 0 Å². The third-order valence-electron chi connectivity index (χ3n) is 4.77. The maximum atomic E-state index is 13.2. The Hall–Kier alpha value is 0.01000. The molecule has 0 spiro atoms. The smallest absolute Gasteiger partial charge is 0.244 e. The molecule has 1 aromatic rings. The van der Waals surface area contributed by atoms with Crippen molar-refractivity contribution in [1.82, 2.24) is 9.21 Å². The van der Waals surface area contributed by atoms with Crippen molar-refractivity contribution in [3.8, 4) is 0 Å². The molecule has 2 saturated heterocycles. The van der Waals surface area contributed by atoms with Gasteiger partial charge in [-0.3, -0.25) is 4.90 Å². The Balaban J connectivity index is 1.78. The highest BCUT2D eigenvalue weighted by Crippen LogP contribution is 2.32. The maximum Gasteiger partial charge on any atom is 0.244 e. The SMILES string of the molecule is CC1CN(CC2CCCN2S(=O)(=O)c2ccc(Br)cc2Br)CC(C)O1. The summed E-state index contributed by atoms with van der Waals surface area (Å²) >= 11 is 6.78. The molecule has 0 saturated carbocycles. The molecule has 25 heavy (non-hydrogen) atoms. The first-order valence-corrected chi connectivity index (χ1v) is 11.6. The van der Waals surface area contributed by atoms with Crippen molar-refractivity contribution in [2.75, 3.05) is 26.2 Å². The molecule has 0 amide bonds. The zero-order chi connectivity index (χ0) is 18.2. The predicted octanol–water partition coefficient (Wildman–Crippen LogP) is 3.47. The summed E-state index contributed by atoms with van der Waals surface area (Å²) in [6.07, 6.45) is 2.20. The van der Waals surface area contributed by atoms with Crippen molar-refractivity contribution in [3.63, 3.8) is 0 Å². The van der Waals surface area contributed by atoms with Crippen LogP contribution in [0.15, 0.2) is 32.0 Å². The van der Waals surface area contributed by atoms with Gasteiger partial charge in [-0.15, -0.1) is 0 Å². The quantitative estimate of drug-likeness (QED) is 0.641. The lowest BCUT2D eigenvalue weighted by molar-refractivity contribution is -0.0707.